The highest BCUT2D eigenvalue weighted by atomic mass is 16.8. The number of hydrogen-bond donors (Lipinski definition) is 0. The van der Waals surface area contributed by atoms with Crippen LogP contribution in [0.1, 0.15) is 35.1 Å². The molecule has 0 unspecified atom stereocenters. The molecule has 1 heterocycles. The van der Waals surface area contributed by atoms with Crippen LogP contribution in [0.2, 0.25) is 0 Å². The number of carbonyl (C=O) groups is 4. The lowest BCUT2D eigenvalue weighted by atomic mass is 10.1. The molecule has 0 aromatic heterocycles. The highest BCUT2D eigenvalue weighted by Crippen LogP contribution is 2.10. The van der Waals surface area contributed by atoms with Gasteiger partial charge in [0, 0.05) is 0 Å². The van der Waals surface area contributed by atoms with Crippen molar-refractivity contribution in [1.82, 2.24) is 0 Å². The number of benzene rings is 1. The van der Waals surface area contributed by atoms with E-state index in [4.69, 9.17) is 0 Å². The van der Waals surface area contributed by atoms with E-state index < -0.39 is 24.2 Å². The number of cyclic esters (lactones) is 2. The number of hydrogen-bond acceptors (Lipinski definition) is 10. The van der Waals surface area contributed by atoms with Crippen molar-refractivity contribution in [3.8, 4) is 0 Å². The third kappa shape index (κ3) is 10.6. The van der Waals surface area contributed by atoms with Crippen molar-refractivity contribution in [3.05, 3.63) is 35.4 Å². The summed E-state index contributed by atoms with van der Waals surface area (Å²) in [6.07, 6.45) is -1.17. The van der Waals surface area contributed by atoms with Crippen LogP contribution < -0.4 is 0 Å². The number of ether oxygens (including phenoxy) is 6. The molecule has 1 saturated heterocycles. The van der Waals surface area contributed by atoms with Crippen molar-refractivity contribution in [3.63, 3.8) is 0 Å². The molecule has 0 aliphatic carbocycles. The van der Waals surface area contributed by atoms with Gasteiger partial charge in [0.15, 0.2) is 0 Å². The zero-order valence-electron chi connectivity index (χ0n) is 15.5. The van der Waals surface area contributed by atoms with Gasteiger partial charge in [-0.2, -0.15) is 0 Å². The van der Waals surface area contributed by atoms with Gasteiger partial charge < -0.3 is 28.4 Å². The van der Waals surface area contributed by atoms with Crippen molar-refractivity contribution in [1.29, 1.82) is 0 Å². The molecule has 10 heteroatoms. The first kappa shape index (κ1) is 26.9. The molecule has 0 N–H and O–H groups in total. The van der Waals surface area contributed by atoms with Crippen molar-refractivity contribution in [2.75, 3.05) is 41.2 Å². The molecule has 158 valence electrons. The molecule has 0 saturated carbocycles. The largest absolute Gasteiger partial charge is 0.508 e. The van der Waals surface area contributed by atoms with Gasteiger partial charge >= 0.3 is 24.2 Å². The molecule has 1 aliphatic rings. The normalized spacial score (nSPS) is 10.8. The molecule has 2 rings (SSSR count). The van der Waals surface area contributed by atoms with Gasteiger partial charge in [-0.3, -0.25) is 0 Å². The minimum absolute atomic E-state index is 0. The average molecular weight is 402 g/mol. The lowest BCUT2D eigenvalue weighted by Crippen LogP contribution is -2.11. The van der Waals surface area contributed by atoms with Crippen molar-refractivity contribution >= 4 is 24.2 Å². The van der Waals surface area contributed by atoms with Gasteiger partial charge in [-0.25, -0.2) is 19.2 Å². The molecule has 28 heavy (non-hydrogen) atoms. The second-order valence-corrected chi connectivity index (χ2v) is 4.36. The minimum atomic E-state index is -0.623. The molecule has 0 amide bonds. The lowest BCUT2D eigenvalue weighted by molar-refractivity contribution is 0.0555. The fourth-order valence-electron chi connectivity index (χ4n) is 1.53. The van der Waals surface area contributed by atoms with Crippen molar-refractivity contribution in [2.24, 2.45) is 0 Å². The minimum Gasteiger partial charge on any atom is -0.465 e. The van der Waals surface area contributed by atoms with E-state index in [2.05, 4.69) is 28.4 Å². The Balaban J connectivity index is 0. The van der Waals surface area contributed by atoms with E-state index in [-0.39, 0.29) is 18.6 Å². The molecule has 0 radical (unpaired) electrons. The number of rotatable bonds is 3. The SMILES string of the molecule is C.CCOC(=O)OC.COC(=O)c1ccccc1C(=O)OC.O=C1OCCO1. The molecular formula is C18H26O10. The maximum Gasteiger partial charge on any atom is 0.508 e. The van der Waals surface area contributed by atoms with Crippen LogP contribution in [0, 0.1) is 0 Å². The number of carbonyl (C=O) groups excluding carboxylic acids is 4. The van der Waals surface area contributed by atoms with Crippen LogP contribution in [0.15, 0.2) is 24.3 Å². The van der Waals surface area contributed by atoms with Crippen LogP contribution in [-0.4, -0.2) is 65.4 Å². The summed E-state index contributed by atoms with van der Waals surface area (Å²) in [7, 11) is 3.80. The topological polar surface area (TPSA) is 124 Å². The average Bonchev–Trinajstić information content (AvgIpc) is 3.18. The standard InChI is InChI=1S/C10H10O4.C4H8O3.C3H4O3.CH4/c1-13-9(11)7-5-3-4-6-8(7)10(12)14-2;1-3-7-4(5)6-2;4-3-5-1-2-6-3;/h3-6H,1-2H3;3H2,1-2H3;1-2H2;1H4. The quantitative estimate of drug-likeness (QED) is 0.550. The second kappa shape index (κ2) is 15.9. The van der Waals surface area contributed by atoms with Gasteiger partial charge in [0.25, 0.3) is 0 Å². The van der Waals surface area contributed by atoms with Crippen molar-refractivity contribution < 1.29 is 47.6 Å². The second-order valence-electron chi connectivity index (χ2n) is 4.36. The van der Waals surface area contributed by atoms with E-state index in [1.165, 1.54) is 33.5 Å². The smallest absolute Gasteiger partial charge is 0.465 e. The molecule has 0 bridgehead atoms. The Labute approximate surface area is 163 Å². The van der Waals surface area contributed by atoms with Crippen LogP contribution >= 0.6 is 0 Å². The van der Waals surface area contributed by atoms with Gasteiger partial charge in [-0.15, -0.1) is 0 Å². The van der Waals surface area contributed by atoms with Crippen molar-refractivity contribution in [2.45, 2.75) is 14.4 Å². The third-order valence-electron chi connectivity index (χ3n) is 2.69. The third-order valence-corrected chi connectivity index (χ3v) is 2.69. The highest BCUT2D eigenvalue weighted by molar-refractivity contribution is 6.03. The summed E-state index contributed by atoms with van der Waals surface area (Å²) in [4.78, 5) is 42.2. The first-order valence-electron chi connectivity index (χ1n) is 7.67. The van der Waals surface area contributed by atoms with E-state index in [1.54, 1.807) is 19.1 Å². The lowest BCUT2D eigenvalue weighted by Gasteiger charge is -2.04. The van der Waals surface area contributed by atoms with Crippen LogP contribution in [0.5, 0.6) is 0 Å². The summed E-state index contributed by atoms with van der Waals surface area (Å²) >= 11 is 0. The zero-order valence-corrected chi connectivity index (χ0v) is 15.5. The Morgan fingerprint density at radius 3 is 1.54 bits per heavy atom. The fourth-order valence-corrected chi connectivity index (χ4v) is 1.53. The summed E-state index contributed by atoms with van der Waals surface area (Å²) in [6.45, 7) is 2.92. The monoisotopic (exact) mass is 402 g/mol. The highest BCUT2D eigenvalue weighted by Gasteiger charge is 2.16. The Morgan fingerprint density at radius 2 is 1.32 bits per heavy atom. The van der Waals surface area contributed by atoms with Crippen LogP contribution in [-0.2, 0) is 28.4 Å². The van der Waals surface area contributed by atoms with Crippen LogP contribution in [0.25, 0.3) is 0 Å². The van der Waals surface area contributed by atoms with Crippen LogP contribution in [0.4, 0.5) is 9.59 Å². The predicted molar refractivity (Wildman–Crippen MR) is 97.2 cm³/mol. The Hall–Kier alpha value is -3.30. The summed E-state index contributed by atoms with van der Waals surface area (Å²) < 4.78 is 26.1. The molecule has 0 spiro atoms. The Bertz CT molecular complexity index is 584. The zero-order chi connectivity index (χ0) is 20.7. The van der Waals surface area contributed by atoms with E-state index in [0.717, 1.165) is 0 Å². The first-order valence-corrected chi connectivity index (χ1v) is 7.67. The summed E-state index contributed by atoms with van der Waals surface area (Å²) in [5.41, 5.74) is 0.420. The molecule has 1 aliphatic heterocycles. The van der Waals surface area contributed by atoms with Gasteiger partial charge in [0.1, 0.15) is 13.2 Å². The van der Waals surface area contributed by atoms with E-state index in [9.17, 15) is 19.2 Å². The molecule has 1 fully saturated rings. The Kier molecular flexibility index (Phi) is 15.3. The van der Waals surface area contributed by atoms with Gasteiger partial charge in [-0.1, -0.05) is 19.6 Å². The van der Waals surface area contributed by atoms with Crippen LogP contribution in [0.3, 0.4) is 0 Å². The summed E-state index contributed by atoms with van der Waals surface area (Å²) in [5.74, 6) is -1.10. The molecule has 0 atom stereocenters. The van der Waals surface area contributed by atoms with Gasteiger partial charge in [0.2, 0.25) is 0 Å². The van der Waals surface area contributed by atoms with E-state index in [1.807, 2.05) is 0 Å². The molecule has 10 nitrogen and oxygen atoms in total. The maximum absolute atomic E-state index is 11.2. The number of methoxy groups -OCH3 is 3. The Morgan fingerprint density at radius 1 is 0.893 bits per heavy atom. The first-order chi connectivity index (χ1) is 12.9. The van der Waals surface area contributed by atoms with Gasteiger partial charge in [-0.05, 0) is 19.1 Å². The summed E-state index contributed by atoms with van der Waals surface area (Å²) in [5, 5.41) is 0. The summed E-state index contributed by atoms with van der Waals surface area (Å²) in [6, 6.07) is 6.33. The molecule has 1 aromatic rings. The van der Waals surface area contributed by atoms with Gasteiger partial charge in [0.05, 0.1) is 39.1 Å². The van der Waals surface area contributed by atoms with E-state index in [0.29, 0.717) is 19.8 Å². The molecule has 1 aromatic carbocycles. The fraction of sp³-hybridized carbons (Fsp3) is 0.444. The predicted octanol–water partition coefficient (Wildman–Crippen LogP) is 2.84. The molecular weight excluding hydrogens is 376 g/mol. The van der Waals surface area contributed by atoms with E-state index >= 15 is 0 Å². The maximum atomic E-state index is 11.2. The number of esters is 2.